The normalized spacial score (nSPS) is 13.1. The van der Waals surface area contributed by atoms with E-state index < -0.39 is 8.07 Å². The van der Waals surface area contributed by atoms with E-state index in [-0.39, 0.29) is 20.1 Å². The molecule has 2 nitrogen and oxygen atoms in total. The minimum absolute atomic E-state index is 0. The Balaban J connectivity index is 0.000000188. The molecule has 0 bridgehead atoms. The third-order valence-electron chi connectivity index (χ3n) is 7.62. The molecular formula is C37H38IrN2Si-2. The molecule has 1 radical (unpaired) electrons. The molecule has 3 aromatic carbocycles. The summed E-state index contributed by atoms with van der Waals surface area (Å²) in [5.41, 5.74) is 8.04. The second-order valence-electron chi connectivity index (χ2n) is 11.7. The van der Waals surface area contributed by atoms with Crippen molar-refractivity contribution in [1.29, 1.82) is 0 Å². The molecule has 5 aromatic rings. The Kier molecular flexibility index (Phi) is 11.0. The zero-order valence-electron chi connectivity index (χ0n) is 24.2. The summed E-state index contributed by atoms with van der Waals surface area (Å²) in [6, 6.07) is 39.3. The van der Waals surface area contributed by atoms with E-state index in [1.54, 1.807) is 10.8 Å². The molecular weight excluding hydrogens is 693 g/mol. The van der Waals surface area contributed by atoms with Crippen LogP contribution < -0.4 is 5.19 Å². The monoisotopic (exact) mass is 731 g/mol. The molecule has 0 unspecified atom stereocenters. The van der Waals surface area contributed by atoms with Crippen LogP contribution in [0.3, 0.4) is 0 Å². The van der Waals surface area contributed by atoms with E-state index in [9.17, 15) is 0 Å². The van der Waals surface area contributed by atoms with Crippen LogP contribution in [0.1, 0.15) is 31.2 Å². The first-order valence-electron chi connectivity index (χ1n) is 14.4. The summed E-state index contributed by atoms with van der Waals surface area (Å²) in [5, 5.41) is 1.54. The van der Waals surface area contributed by atoms with Gasteiger partial charge in [-0.2, -0.15) is 0 Å². The van der Waals surface area contributed by atoms with Gasteiger partial charge in [0.1, 0.15) is 0 Å². The molecule has 0 atom stereocenters. The maximum absolute atomic E-state index is 4.75. The summed E-state index contributed by atoms with van der Waals surface area (Å²) >= 11 is 0. The third-order valence-corrected chi connectivity index (χ3v) is 9.69. The number of hydrogen-bond donors (Lipinski definition) is 0. The fourth-order valence-electron chi connectivity index (χ4n) is 5.47. The number of nitrogens with zero attached hydrogens (tertiary/aromatic N) is 2. The summed E-state index contributed by atoms with van der Waals surface area (Å²) in [6.07, 6.45) is 10.9. The minimum Gasteiger partial charge on any atom is -0.305 e. The Morgan fingerprint density at radius 3 is 1.85 bits per heavy atom. The number of hydrogen-bond acceptors (Lipinski definition) is 2. The third kappa shape index (κ3) is 8.42. The molecule has 0 aliphatic heterocycles. The van der Waals surface area contributed by atoms with Crippen molar-refractivity contribution in [2.45, 2.75) is 51.7 Å². The van der Waals surface area contributed by atoms with E-state index in [4.69, 9.17) is 4.98 Å². The predicted molar refractivity (Wildman–Crippen MR) is 171 cm³/mol. The van der Waals surface area contributed by atoms with Crippen molar-refractivity contribution < 1.29 is 20.1 Å². The Morgan fingerprint density at radius 2 is 1.29 bits per heavy atom. The van der Waals surface area contributed by atoms with Crippen molar-refractivity contribution in [3.63, 3.8) is 0 Å². The maximum atomic E-state index is 4.75. The number of pyridine rings is 2. The smallest absolute Gasteiger partial charge is 0.0798 e. The zero-order chi connectivity index (χ0) is 27.8. The van der Waals surface area contributed by atoms with Gasteiger partial charge in [-0.3, -0.25) is 0 Å². The number of benzene rings is 3. The fraction of sp³-hybridized carbons (Fsp3) is 0.243. The molecule has 4 heteroatoms. The molecule has 211 valence electrons. The molecule has 0 N–H and O–H groups in total. The van der Waals surface area contributed by atoms with E-state index in [0.29, 0.717) is 0 Å². The maximum Gasteiger partial charge on any atom is 0.0798 e. The molecule has 1 saturated carbocycles. The van der Waals surface area contributed by atoms with Crippen LogP contribution in [-0.4, -0.2) is 18.0 Å². The van der Waals surface area contributed by atoms with Crippen molar-refractivity contribution >= 4 is 13.3 Å². The first-order chi connectivity index (χ1) is 19.5. The number of rotatable bonds is 6. The van der Waals surface area contributed by atoms with Gasteiger partial charge in [0.2, 0.25) is 0 Å². The average Bonchev–Trinajstić information content (AvgIpc) is 3.51. The van der Waals surface area contributed by atoms with Crippen LogP contribution in [-0.2, 0) is 26.5 Å². The molecule has 0 amide bonds. The van der Waals surface area contributed by atoms with Crippen molar-refractivity contribution in [3.05, 3.63) is 127 Å². The van der Waals surface area contributed by atoms with Crippen LogP contribution in [0.5, 0.6) is 0 Å². The van der Waals surface area contributed by atoms with Gasteiger partial charge in [0.05, 0.1) is 8.07 Å². The SMILES string of the molecule is C[Si](C)(C)c1cnc(-c2[c-]cccc2)cc1CC1CCCC1.[Ir].[c-]1ccccc1-c1ccc(-c2ccccc2)cn1. The quantitative estimate of drug-likeness (QED) is 0.129. The first-order valence-corrected chi connectivity index (χ1v) is 17.9. The van der Waals surface area contributed by atoms with Gasteiger partial charge in [0, 0.05) is 32.5 Å². The van der Waals surface area contributed by atoms with E-state index in [1.165, 1.54) is 37.7 Å². The van der Waals surface area contributed by atoms with Gasteiger partial charge in [0.15, 0.2) is 0 Å². The second kappa shape index (κ2) is 14.6. The minimum atomic E-state index is -1.35. The molecule has 41 heavy (non-hydrogen) atoms. The molecule has 0 saturated heterocycles. The summed E-state index contributed by atoms with van der Waals surface area (Å²) in [6.45, 7) is 7.28. The topological polar surface area (TPSA) is 25.8 Å². The van der Waals surface area contributed by atoms with Gasteiger partial charge in [0.25, 0.3) is 0 Å². The van der Waals surface area contributed by atoms with Crippen molar-refractivity contribution in [2.75, 3.05) is 0 Å². The van der Waals surface area contributed by atoms with Crippen molar-refractivity contribution in [2.24, 2.45) is 5.92 Å². The van der Waals surface area contributed by atoms with Gasteiger partial charge >= 0.3 is 0 Å². The van der Waals surface area contributed by atoms with Gasteiger partial charge < -0.3 is 9.97 Å². The number of aromatic nitrogens is 2. The molecule has 2 heterocycles. The van der Waals surface area contributed by atoms with Crippen LogP contribution in [0.15, 0.2) is 109 Å². The van der Waals surface area contributed by atoms with Crippen LogP contribution in [0.4, 0.5) is 0 Å². The van der Waals surface area contributed by atoms with Crippen molar-refractivity contribution in [1.82, 2.24) is 9.97 Å². The summed E-state index contributed by atoms with van der Waals surface area (Å²) < 4.78 is 0. The zero-order valence-corrected chi connectivity index (χ0v) is 27.6. The van der Waals surface area contributed by atoms with Crippen LogP contribution in [0, 0.1) is 18.1 Å². The Labute approximate surface area is 260 Å². The van der Waals surface area contributed by atoms with Crippen LogP contribution in [0.25, 0.3) is 33.6 Å². The molecule has 1 fully saturated rings. The molecule has 2 aromatic heterocycles. The standard InChI is InChI=1S/C20H26NSi.C17H12N.Ir/c1-22(2,3)20-15-21-19(17-11-5-4-6-12-17)14-18(20)13-16-9-7-8-10-16;1-3-7-14(8-4-1)16-11-12-17(18-13-16)15-9-5-2-6-10-15;/h4-6,11,14-16H,7-10,13H2,1-3H3;1-9,11-13H;/q2*-1;. The molecule has 6 rings (SSSR count). The predicted octanol–water partition coefficient (Wildman–Crippen LogP) is 9.04. The summed E-state index contributed by atoms with van der Waals surface area (Å²) in [7, 11) is -1.35. The van der Waals surface area contributed by atoms with Crippen molar-refractivity contribution in [3.8, 4) is 33.6 Å². The Morgan fingerprint density at radius 1 is 0.683 bits per heavy atom. The molecule has 1 aliphatic rings. The van der Waals surface area contributed by atoms with E-state index in [0.717, 1.165) is 34.0 Å². The molecule has 0 spiro atoms. The van der Waals surface area contributed by atoms with Gasteiger partial charge in [-0.25, -0.2) is 0 Å². The molecule has 1 aliphatic carbocycles. The summed E-state index contributed by atoms with van der Waals surface area (Å²) in [4.78, 5) is 9.25. The largest absolute Gasteiger partial charge is 0.305 e. The Bertz CT molecular complexity index is 1420. The first kappa shape index (κ1) is 30.8. The van der Waals surface area contributed by atoms with E-state index in [1.807, 2.05) is 66.9 Å². The fourth-order valence-corrected chi connectivity index (χ4v) is 7.06. The average molecular weight is 731 g/mol. The van der Waals surface area contributed by atoms with Gasteiger partial charge in [-0.05, 0) is 40.0 Å². The second-order valence-corrected chi connectivity index (χ2v) is 16.7. The Hall–Kier alpha value is -3.17. The van der Waals surface area contributed by atoms with E-state index in [2.05, 4.69) is 79.4 Å². The van der Waals surface area contributed by atoms with Crippen LogP contribution >= 0.6 is 0 Å². The summed E-state index contributed by atoms with van der Waals surface area (Å²) in [5.74, 6) is 0.880. The van der Waals surface area contributed by atoms with Gasteiger partial charge in [-0.15, -0.1) is 71.8 Å². The van der Waals surface area contributed by atoms with Crippen LogP contribution in [0.2, 0.25) is 19.6 Å². The van der Waals surface area contributed by atoms with E-state index >= 15 is 0 Å². The van der Waals surface area contributed by atoms with Gasteiger partial charge in [-0.1, -0.05) is 99.4 Å².